The summed E-state index contributed by atoms with van der Waals surface area (Å²) in [5, 5.41) is 12.5. The SMILES string of the molecule is CC(O)CCCNC1CCS(=O)CC1. The molecule has 0 spiro atoms. The summed E-state index contributed by atoms with van der Waals surface area (Å²) in [4.78, 5) is 0. The molecule has 0 amide bonds. The second-order valence-electron chi connectivity index (χ2n) is 4.07. The molecule has 0 bridgehead atoms. The molecule has 0 radical (unpaired) electrons. The van der Waals surface area contributed by atoms with Crippen molar-refractivity contribution in [2.45, 2.75) is 44.8 Å². The van der Waals surface area contributed by atoms with Gasteiger partial charge in [-0.1, -0.05) is 0 Å². The fraction of sp³-hybridized carbons (Fsp3) is 1.00. The minimum Gasteiger partial charge on any atom is -0.393 e. The van der Waals surface area contributed by atoms with Crippen LogP contribution in [0.1, 0.15) is 32.6 Å². The average molecular weight is 219 g/mol. The molecule has 0 aromatic carbocycles. The Morgan fingerprint density at radius 1 is 1.50 bits per heavy atom. The second-order valence-corrected chi connectivity index (χ2v) is 5.76. The zero-order valence-corrected chi connectivity index (χ0v) is 9.68. The van der Waals surface area contributed by atoms with Gasteiger partial charge < -0.3 is 10.4 Å². The lowest BCUT2D eigenvalue weighted by Gasteiger charge is -2.22. The molecule has 84 valence electrons. The van der Waals surface area contributed by atoms with E-state index >= 15 is 0 Å². The maximum atomic E-state index is 11.1. The number of nitrogens with one attached hydrogen (secondary N) is 1. The van der Waals surface area contributed by atoms with Crippen LogP contribution in [0.5, 0.6) is 0 Å². The summed E-state index contributed by atoms with van der Waals surface area (Å²) in [5.74, 6) is 1.71. The highest BCUT2D eigenvalue weighted by Gasteiger charge is 2.16. The van der Waals surface area contributed by atoms with E-state index in [9.17, 15) is 4.21 Å². The van der Waals surface area contributed by atoms with Gasteiger partial charge in [0.2, 0.25) is 0 Å². The normalized spacial score (nSPS) is 30.1. The molecule has 1 unspecified atom stereocenters. The van der Waals surface area contributed by atoms with E-state index in [1.807, 2.05) is 6.92 Å². The van der Waals surface area contributed by atoms with E-state index in [1.54, 1.807) is 0 Å². The summed E-state index contributed by atoms with van der Waals surface area (Å²) in [6.45, 7) is 2.80. The minimum atomic E-state index is -0.556. The van der Waals surface area contributed by atoms with Crippen molar-refractivity contribution in [2.75, 3.05) is 18.1 Å². The predicted octanol–water partition coefficient (Wildman–Crippen LogP) is 0.648. The maximum absolute atomic E-state index is 11.1. The van der Waals surface area contributed by atoms with Gasteiger partial charge in [0.1, 0.15) is 0 Å². The summed E-state index contributed by atoms with van der Waals surface area (Å²) in [6.07, 6.45) is 3.79. The van der Waals surface area contributed by atoms with Gasteiger partial charge in [-0.2, -0.15) is 0 Å². The first kappa shape index (κ1) is 12.1. The standard InChI is InChI=1S/C10H21NO2S/c1-9(12)3-2-6-11-10-4-7-14(13)8-5-10/h9-12H,2-8H2,1H3. The number of hydrogen-bond acceptors (Lipinski definition) is 3. The third-order valence-corrected chi connectivity index (χ3v) is 4.00. The average Bonchev–Trinajstić information content (AvgIpc) is 2.15. The van der Waals surface area contributed by atoms with E-state index in [0.29, 0.717) is 6.04 Å². The van der Waals surface area contributed by atoms with Gasteiger partial charge in [-0.15, -0.1) is 0 Å². The Bertz CT molecular complexity index is 175. The molecule has 1 fully saturated rings. The summed E-state index contributed by atoms with van der Waals surface area (Å²) < 4.78 is 11.1. The van der Waals surface area contributed by atoms with Crippen LogP contribution in [0.2, 0.25) is 0 Å². The minimum absolute atomic E-state index is 0.185. The molecular formula is C10H21NO2S. The van der Waals surface area contributed by atoms with Gasteiger partial charge in [-0.3, -0.25) is 4.21 Å². The Hall–Kier alpha value is 0.0700. The van der Waals surface area contributed by atoms with Gasteiger partial charge >= 0.3 is 0 Å². The molecule has 1 saturated heterocycles. The molecule has 0 aromatic heterocycles. The molecule has 1 rings (SSSR count). The molecule has 14 heavy (non-hydrogen) atoms. The number of hydrogen-bond donors (Lipinski definition) is 2. The van der Waals surface area contributed by atoms with Gasteiger partial charge in [0.25, 0.3) is 0 Å². The van der Waals surface area contributed by atoms with Crippen molar-refractivity contribution >= 4 is 10.8 Å². The first-order valence-corrected chi connectivity index (χ1v) is 6.93. The largest absolute Gasteiger partial charge is 0.393 e. The van der Waals surface area contributed by atoms with Crippen molar-refractivity contribution in [3.05, 3.63) is 0 Å². The van der Waals surface area contributed by atoms with E-state index in [-0.39, 0.29) is 6.10 Å². The fourth-order valence-corrected chi connectivity index (χ4v) is 3.00. The molecule has 3 nitrogen and oxygen atoms in total. The second kappa shape index (κ2) is 6.53. The van der Waals surface area contributed by atoms with Crippen molar-refractivity contribution in [3.8, 4) is 0 Å². The Kier molecular flexibility index (Phi) is 5.67. The highest BCUT2D eigenvalue weighted by Crippen LogP contribution is 2.09. The molecule has 0 aliphatic carbocycles. The van der Waals surface area contributed by atoms with Crippen molar-refractivity contribution in [1.82, 2.24) is 5.32 Å². The van der Waals surface area contributed by atoms with Crippen molar-refractivity contribution in [2.24, 2.45) is 0 Å². The Labute approximate surface area is 88.7 Å². The van der Waals surface area contributed by atoms with Gasteiger partial charge in [0.15, 0.2) is 0 Å². The maximum Gasteiger partial charge on any atom is 0.0512 e. The lowest BCUT2D eigenvalue weighted by molar-refractivity contribution is 0.180. The molecule has 0 saturated carbocycles. The van der Waals surface area contributed by atoms with Crippen LogP contribution < -0.4 is 5.32 Å². The smallest absolute Gasteiger partial charge is 0.0512 e. The monoisotopic (exact) mass is 219 g/mol. The quantitative estimate of drug-likeness (QED) is 0.667. The lowest BCUT2D eigenvalue weighted by atomic mass is 10.1. The summed E-state index contributed by atoms with van der Waals surface area (Å²) >= 11 is 0. The number of aliphatic hydroxyl groups excluding tert-OH is 1. The lowest BCUT2D eigenvalue weighted by Crippen LogP contribution is -2.36. The van der Waals surface area contributed by atoms with Crippen LogP contribution in [0.3, 0.4) is 0 Å². The fourth-order valence-electron chi connectivity index (χ4n) is 1.70. The molecule has 1 atom stereocenters. The van der Waals surface area contributed by atoms with E-state index in [2.05, 4.69) is 5.32 Å². The van der Waals surface area contributed by atoms with Gasteiger partial charge in [0.05, 0.1) is 6.10 Å². The van der Waals surface area contributed by atoms with Crippen LogP contribution in [0.15, 0.2) is 0 Å². The first-order valence-electron chi connectivity index (χ1n) is 5.45. The van der Waals surface area contributed by atoms with Crippen molar-refractivity contribution < 1.29 is 9.32 Å². The van der Waals surface area contributed by atoms with Crippen LogP contribution in [-0.4, -0.2) is 39.5 Å². The first-order chi connectivity index (χ1) is 6.68. The summed E-state index contributed by atoms with van der Waals surface area (Å²) in [7, 11) is -0.556. The zero-order valence-electron chi connectivity index (χ0n) is 8.87. The van der Waals surface area contributed by atoms with Crippen LogP contribution in [-0.2, 0) is 10.8 Å². The molecule has 4 heteroatoms. The molecular weight excluding hydrogens is 198 g/mol. The molecule has 0 aromatic rings. The molecule has 1 aliphatic heterocycles. The molecule has 2 N–H and O–H groups in total. The van der Waals surface area contributed by atoms with Crippen LogP contribution in [0.4, 0.5) is 0 Å². The van der Waals surface area contributed by atoms with E-state index in [0.717, 1.165) is 43.7 Å². The molecule has 1 aliphatic rings. The van der Waals surface area contributed by atoms with Crippen LogP contribution in [0.25, 0.3) is 0 Å². The number of aliphatic hydroxyl groups is 1. The van der Waals surface area contributed by atoms with Crippen LogP contribution in [0, 0.1) is 0 Å². The Morgan fingerprint density at radius 2 is 2.14 bits per heavy atom. The van der Waals surface area contributed by atoms with Crippen molar-refractivity contribution in [1.29, 1.82) is 0 Å². The zero-order chi connectivity index (χ0) is 10.4. The van der Waals surface area contributed by atoms with Gasteiger partial charge in [-0.25, -0.2) is 0 Å². The third-order valence-electron chi connectivity index (χ3n) is 2.62. The Balaban J connectivity index is 1.99. The third kappa shape index (κ3) is 5.08. The van der Waals surface area contributed by atoms with Gasteiger partial charge in [0, 0.05) is 28.3 Å². The molecule has 1 heterocycles. The van der Waals surface area contributed by atoms with E-state index in [1.165, 1.54) is 0 Å². The predicted molar refractivity (Wildman–Crippen MR) is 59.8 cm³/mol. The highest BCUT2D eigenvalue weighted by atomic mass is 32.2. The van der Waals surface area contributed by atoms with E-state index in [4.69, 9.17) is 5.11 Å². The van der Waals surface area contributed by atoms with Crippen molar-refractivity contribution in [3.63, 3.8) is 0 Å². The highest BCUT2D eigenvalue weighted by molar-refractivity contribution is 7.85. The number of rotatable bonds is 5. The summed E-state index contributed by atoms with van der Waals surface area (Å²) in [5.41, 5.74) is 0. The Morgan fingerprint density at radius 3 is 2.71 bits per heavy atom. The van der Waals surface area contributed by atoms with E-state index < -0.39 is 10.8 Å². The topological polar surface area (TPSA) is 49.3 Å². The summed E-state index contributed by atoms with van der Waals surface area (Å²) in [6, 6.07) is 0.557. The van der Waals surface area contributed by atoms with Gasteiger partial charge in [-0.05, 0) is 39.2 Å². The van der Waals surface area contributed by atoms with Crippen LogP contribution >= 0.6 is 0 Å².